The number of carbonyl (C=O) groups excluding carboxylic acids is 2. The zero-order valence-electron chi connectivity index (χ0n) is 43.2. The van der Waals surface area contributed by atoms with Crippen molar-refractivity contribution in [2.45, 2.75) is 248 Å². The van der Waals surface area contributed by atoms with Crippen LogP contribution in [0.5, 0.6) is 0 Å². The van der Waals surface area contributed by atoms with Gasteiger partial charge in [-0.05, 0) is 78.6 Å². The maximum absolute atomic E-state index is 12.9. The summed E-state index contributed by atoms with van der Waals surface area (Å²) in [7, 11) is 6.46. The first-order chi connectivity index (χ1) is 33.1. The van der Waals surface area contributed by atoms with Crippen molar-refractivity contribution in [2.24, 2.45) is 22.7 Å². The Labute approximate surface area is 412 Å². The lowest BCUT2D eigenvalue weighted by atomic mass is 9.41. The van der Waals surface area contributed by atoms with Gasteiger partial charge < -0.3 is 82.0 Å². The molecule has 4 N–H and O–H groups in total. The molecule has 4 saturated heterocycles. The van der Waals surface area contributed by atoms with Gasteiger partial charge in [0.05, 0.1) is 54.9 Å². The smallest absolute Gasteiger partial charge is 0.303 e. The molecule has 7 fully saturated rings. The SMILES string of the molecule is COC1CC(OC2C(C)OC(OC3C(C)OC(OC4C(C)OC(OC5C=C6CCC7(O)C(C(OC(C)=O)C(O)C8(C)C(C(C)=O)CCC78O)C6(C)CC5)CC4OC)CC3OC)CC2OC)OC(C)C1O. The molecule has 0 amide bonds. The molecule has 0 aromatic carbocycles. The summed E-state index contributed by atoms with van der Waals surface area (Å²) in [5, 5.41) is 48.0. The molecule has 19 heteroatoms. The average molecular weight is 999 g/mol. The van der Waals surface area contributed by atoms with Crippen molar-refractivity contribution in [2.75, 3.05) is 28.4 Å². The molecule has 25 unspecified atom stereocenters. The molecule has 25 atom stereocenters. The highest BCUT2D eigenvalue weighted by Gasteiger charge is 2.80. The minimum atomic E-state index is -1.79. The number of aliphatic hydroxyl groups is 4. The van der Waals surface area contributed by atoms with Crippen molar-refractivity contribution < 1.29 is 91.6 Å². The summed E-state index contributed by atoms with van der Waals surface area (Å²) in [6, 6.07) is 0. The highest BCUT2D eigenvalue weighted by molar-refractivity contribution is 5.80. The van der Waals surface area contributed by atoms with E-state index in [2.05, 4.69) is 6.08 Å². The third-order valence-corrected chi connectivity index (χ3v) is 18.2. The standard InChI is InChI=1S/C51H82O19/c1-24(52)32-15-18-51(57)49(32,8)47(55)45(66-29(6)53)46-48(7)16-14-31(19-30(48)13-17-50(46,51)56)67-37-21-34(59-10)42(26(3)63-37)69-39-23-36(61-12)44(28(5)65-39)70-40-22-35(60-11)43(27(4)64-40)68-38-20-33(58-9)41(54)25(2)62-38/h19,25-28,31-47,54-57H,13-18,20-23H2,1-12H3. The van der Waals surface area contributed by atoms with Gasteiger partial charge in [-0.1, -0.05) is 25.5 Å². The van der Waals surface area contributed by atoms with Crippen LogP contribution in [0.25, 0.3) is 0 Å². The third kappa shape index (κ3) is 9.50. The molecular weight excluding hydrogens is 917 g/mol. The largest absolute Gasteiger partial charge is 0.459 e. The normalized spacial score (nSPS) is 51.7. The molecule has 4 aliphatic heterocycles. The number of methoxy groups -OCH3 is 4. The lowest BCUT2D eigenvalue weighted by Gasteiger charge is -2.68. The van der Waals surface area contributed by atoms with E-state index in [0.29, 0.717) is 51.4 Å². The van der Waals surface area contributed by atoms with Gasteiger partial charge in [-0.2, -0.15) is 0 Å². The number of aliphatic hydroxyl groups excluding tert-OH is 2. The van der Waals surface area contributed by atoms with Crippen molar-refractivity contribution in [1.29, 1.82) is 0 Å². The molecule has 4 heterocycles. The predicted molar refractivity (Wildman–Crippen MR) is 246 cm³/mol. The van der Waals surface area contributed by atoms with Gasteiger partial charge in [-0.3, -0.25) is 9.59 Å². The highest BCUT2D eigenvalue weighted by Crippen LogP contribution is 2.70. The Morgan fingerprint density at radius 3 is 1.53 bits per heavy atom. The maximum atomic E-state index is 12.9. The fourth-order valence-electron chi connectivity index (χ4n) is 14.5. The lowest BCUT2D eigenvalue weighted by molar-refractivity contribution is -0.347. The van der Waals surface area contributed by atoms with Crippen LogP contribution in [0.3, 0.4) is 0 Å². The number of hydrogen-bond donors (Lipinski definition) is 4. The molecule has 0 radical (unpaired) electrons. The number of ketones is 1. The van der Waals surface area contributed by atoms with Gasteiger partial charge in [0.25, 0.3) is 0 Å². The Morgan fingerprint density at radius 1 is 0.614 bits per heavy atom. The van der Waals surface area contributed by atoms with E-state index in [0.717, 1.165) is 5.57 Å². The zero-order chi connectivity index (χ0) is 50.8. The van der Waals surface area contributed by atoms with Crippen LogP contribution in [0.4, 0.5) is 0 Å². The van der Waals surface area contributed by atoms with E-state index >= 15 is 0 Å². The summed E-state index contributed by atoms with van der Waals surface area (Å²) in [4.78, 5) is 25.6. The zero-order valence-corrected chi connectivity index (χ0v) is 43.2. The summed E-state index contributed by atoms with van der Waals surface area (Å²) in [6.07, 6.45) is -5.40. The average Bonchev–Trinajstić information content (AvgIpc) is 3.61. The van der Waals surface area contributed by atoms with Gasteiger partial charge in [0.15, 0.2) is 25.2 Å². The number of esters is 1. The number of fused-ring (bicyclic) bond motifs is 5. The molecule has 0 aromatic rings. The minimum absolute atomic E-state index is 0.145. The third-order valence-electron chi connectivity index (χ3n) is 18.2. The first kappa shape index (κ1) is 54.5. The first-order valence-corrected chi connectivity index (χ1v) is 25.6. The van der Waals surface area contributed by atoms with E-state index in [1.807, 2.05) is 27.7 Å². The molecule has 70 heavy (non-hydrogen) atoms. The molecule has 0 spiro atoms. The number of allylic oxidation sites excluding steroid dienone is 1. The Kier molecular flexibility index (Phi) is 16.4. The van der Waals surface area contributed by atoms with Gasteiger partial charge in [0.2, 0.25) is 0 Å². The summed E-state index contributed by atoms with van der Waals surface area (Å²) in [5.74, 6) is -2.34. The van der Waals surface area contributed by atoms with Crippen molar-refractivity contribution in [3.05, 3.63) is 11.6 Å². The van der Waals surface area contributed by atoms with E-state index in [1.54, 1.807) is 42.3 Å². The van der Waals surface area contributed by atoms with Crippen LogP contribution in [0.2, 0.25) is 0 Å². The molecule has 4 aliphatic carbocycles. The van der Waals surface area contributed by atoms with Gasteiger partial charge in [-0.25, -0.2) is 0 Å². The summed E-state index contributed by atoms with van der Waals surface area (Å²) in [6.45, 7) is 13.9. The molecule has 8 aliphatic rings. The van der Waals surface area contributed by atoms with Gasteiger partial charge >= 0.3 is 5.97 Å². The van der Waals surface area contributed by atoms with Crippen LogP contribution in [0.1, 0.15) is 120 Å². The Bertz CT molecular complexity index is 1870. The molecule has 19 nitrogen and oxygen atoms in total. The number of Topliss-reactive ketones (excluding diaryl/α,β-unsaturated/α-hetero) is 1. The Hall–Kier alpha value is -1.76. The molecule has 0 bridgehead atoms. The summed E-state index contributed by atoms with van der Waals surface area (Å²) in [5.41, 5.74) is -4.73. The van der Waals surface area contributed by atoms with Crippen LogP contribution in [0.15, 0.2) is 11.6 Å². The van der Waals surface area contributed by atoms with Crippen LogP contribution in [-0.2, 0) is 71.2 Å². The van der Waals surface area contributed by atoms with Crippen molar-refractivity contribution >= 4 is 11.8 Å². The van der Waals surface area contributed by atoms with E-state index in [1.165, 1.54) is 13.8 Å². The fraction of sp³-hybridized carbons (Fsp3) is 0.922. The van der Waals surface area contributed by atoms with Gasteiger partial charge in [-0.15, -0.1) is 0 Å². The molecule has 0 aromatic heterocycles. The van der Waals surface area contributed by atoms with E-state index in [9.17, 15) is 30.0 Å². The number of hydrogen-bond acceptors (Lipinski definition) is 19. The molecule has 400 valence electrons. The van der Waals surface area contributed by atoms with Crippen LogP contribution < -0.4 is 0 Å². The summed E-state index contributed by atoms with van der Waals surface area (Å²) >= 11 is 0. The topological polar surface area (TPSA) is 235 Å². The second-order valence-corrected chi connectivity index (χ2v) is 22.0. The molecule has 3 saturated carbocycles. The fourth-order valence-corrected chi connectivity index (χ4v) is 14.5. The van der Waals surface area contributed by atoms with Gasteiger partial charge in [0.1, 0.15) is 53.6 Å². The maximum Gasteiger partial charge on any atom is 0.303 e. The van der Waals surface area contributed by atoms with Crippen LogP contribution in [0, 0.1) is 22.7 Å². The number of ether oxygens (including phenoxy) is 13. The quantitative estimate of drug-likeness (QED) is 0.144. The second kappa shape index (κ2) is 21.1. The van der Waals surface area contributed by atoms with Crippen LogP contribution in [-0.4, -0.2) is 189 Å². The van der Waals surface area contributed by atoms with E-state index < -0.39 is 144 Å². The van der Waals surface area contributed by atoms with E-state index in [4.69, 9.17) is 61.6 Å². The Morgan fingerprint density at radius 2 is 1.07 bits per heavy atom. The molecular formula is C51H82O19. The number of carbonyl (C=O) groups is 2. The minimum Gasteiger partial charge on any atom is -0.459 e. The lowest BCUT2D eigenvalue weighted by Crippen LogP contribution is -2.80. The second-order valence-electron chi connectivity index (χ2n) is 22.0. The van der Waals surface area contributed by atoms with Crippen LogP contribution >= 0.6 is 0 Å². The van der Waals surface area contributed by atoms with Crippen molar-refractivity contribution in [1.82, 2.24) is 0 Å². The van der Waals surface area contributed by atoms with E-state index in [-0.39, 0.29) is 30.8 Å². The predicted octanol–water partition coefficient (Wildman–Crippen LogP) is 3.40. The van der Waals surface area contributed by atoms with Crippen molar-refractivity contribution in [3.63, 3.8) is 0 Å². The highest BCUT2D eigenvalue weighted by atomic mass is 16.8. The summed E-state index contributed by atoms with van der Waals surface area (Å²) < 4.78 is 80.9. The number of rotatable bonds is 14. The molecule has 8 rings (SSSR count). The first-order valence-electron chi connectivity index (χ1n) is 25.6. The van der Waals surface area contributed by atoms with Gasteiger partial charge in [0, 0.05) is 78.3 Å². The Balaban J connectivity index is 0.877. The van der Waals surface area contributed by atoms with Crippen molar-refractivity contribution in [3.8, 4) is 0 Å². The monoisotopic (exact) mass is 999 g/mol.